The molecule has 0 spiro atoms. The standard InChI is InChI=1S/C12H12N2O/c1-7-2-3-8-6-9-4-5-15-12(9)14-11(8)10(7)13/h2-3,6H,4-5,13H2,1H3. The number of hydrogen-bond acceptors (Lipinski definition) is 3. The van der Waals surface area contributed by atoms with Crippen LogP contribution in [0.1, 0.15) is 11.1 Å². The molecule has 3 heteroatoms. The third kappa shape index (κ3) is 1.16. The second kappa shape index (κ2) is 2.86. The Labute approximate surface area is 87.9 Å². The summed E-state index contributed by atoms with van der Waals surface area (Å²) >= 11 is 0. The number of anilines is 1. The van der Waals surface area contributed by atoms with Gasteiger partial charge in [0.25, 0.3) is 0 Å². The van der Waals surface area contributed by atoms with Crippen molar-refractivity contribution in [1.29, 1.82) is 0 Å². The summed E-state index contributed by atoms with van der Waals surface area (Å²) in [4.78, 5) is 4.47. The van der Waals surface area contributed by atoms with Crippen molar-refractivity contribution in [3.63, 3.8) is 0 Å². The van der Waals surface area contributed by atoms with Crippen molar-refractivity contribution >= 4 is 16.6 Å². The second-order valence-electron chi connectivity index (χ2n) is 3.92. The highest BCUT2D eigenvalue weighted by atomic mass is 16.5. The molecule has 3 nitrogen and oxygen atoms in total. The molecular weight excluding hydrogens is 188 g/mol. The van der Waals surface area contributed by atoms with Crippen molar-refractivity contribution in [3.05, 3.63) is 29.3 Å². The molecular formula is C12H12N2O. The first-order chi connectivity index (χ1) is 7.25. The summed E-state index contributed by atoms with van der Waals surface area (Å²) in [5.74, 6) is 0.750. The van der Waals surface area contributed by atoms with Gasteiger partial charge in [0, 0.05) is 17.4 Å². The molecule has 1 aliphatic rings. The van der Waals surface area contributed by atoms with Crippen molar-refractivity contribution in [1.82, 2.24) is 4.98 Å². The largest absolute Gasteiger partial charge is 0.477 e. The zero-order valence-corrected chi connectivity index (χ0v) is 8.58. The van der Waals surface area contributed by atoms with Crippen molar-refractivity contribution in [2.45, 2.75) is 13.3 Å². The van der Waals surface area contributed by atoms with Gasteiger partial charge < -0.3 is 10.5 Å². The molecule has 0 atom stereocenters. The normalized spacial score (nSPS) is 13.9. The molecule has 76 valence electrons. The summed E-state index contributed by atoms with van der Waals surface area (Å²) in [6.45, 7) is 2.72. The average molecular weight is 200 g/mol. The highest BCUT2D eigenvalue weighted by Crippen LogP contribution is 2.30. The lowest BCUT2D eigenvalue weighted by Gasteiger charge is -2.06. The molecule has 0 bridgehead atoms. The number of fused-ring (bicyclic) bond motifs is 2. The van der Waals surface area contributed by atoms with Crippen LogP contribution < -0.4 is 10.5 Å². The molecule has 0 unspecified atom stereocenters. The maximum atomic E-state index is 5.99. The monoisotopic (exact) mass is 200 g/mol. The van der Waals surface area contributed by atoms with Gasteiger partial charge in [0.2, 0.25) is 5.88 Å². The molecule has 0 saturated heterocycles. The number of aromatic nitrogens is 1. The number of aryl methyl sites for hydroxylation is 1. The minimum absolute atomic E-state index is 0.734. The van der Waals surface area contributed by atoms with E-state index in [4.69, 9.17) is 10.5 Å². The van der Waals surface area contributed by atoms with Crippen LogP contribution >= 0.6 is 0 Å². The number of hydrogen-bond donors (Lipinski definition) is 1. The van der Waals surface area contributed by atoms with Crippen LogP contribution in [0.5, 0.6) is 5.88 Å². The van der Waals surface area contributed by atoms with Gasteiger partial charge in [0.15, 0.2) is 0 Å². The van der Waals surface area contributed by atoms with Crippen LogP contribution in [0.25, 0.3) is 10.9 Å². The predicted molar refractivity (Wildman–Crippen MR) is 60.1 cm³/mol. The topological polar surface area (TPSA) is 48.1 Å². The fraction of sp³-hybridized carbons (Fsp3) is 0.250. The molecule has 0 radical (unpaired) electrons. The van der Waals surface area contributed by atoms with E-state index in [0.717, 1.165) is 41.1 Å². The lowest BCUT2D eigenvalue weighted by molar-refractivity contribution is 0.346. The van der Waals surface area contributed by atoms with Crippen molar-refractivity contribution in [3.8, 4) is 5.88 Å². The number of nitrogens with two attached hydrogens (primary N) is 1. The van der Waals surface area contributed by atoms with E-state index in [2.05, 4.69) is 17.1 Å². The Morgan fingerprint density at radius 1 is 1.40 bits per heavy atom. The van der Waals surface area contributed by atoms with Crippen molar-refractivity contribution in [2.75, 3.05) is 12.3 Å². The fourth-order valence-electron chi connectivity index (χ4n) is 1.95. The maximum absolute atomic E-state index is 5.99. The first kappa shape index (κ1) is 8.53. The van der Waals surface area contributed by atoms with Gasteiger partial charge in [0.1, 0.15) is 0 Å². The van der Waals surface area contributed by atoms with Crippen LogP contribution in [-0.2, 0) is 6.42 Å². The molecule has 1 aromatic carbocycles. The molecule has 2 aromatic rings. The van der Waals surface area contributed by atoms with E-state index in [1.165, 1.54) is 5.56 Å². The summed E-state index contributed by atoms with van der Waals surface area (Å²) in [5, 5.41) is 1.10. The van der Waals surface area contributed by atoms with E-state index < -0.39 is 0 Å². The summed E-state index contributed by atoms with van der Waals surface area (Å²) < 4.78 is 5.43. The Bertz CT molecular complexity index is 549. The zero-order valence-electron chi connectivity index (χ0n) is 8.58. The Balaban J connectivity index is 2.38. The maximum Gasteiger partial charge on any atom is 0.217 e. The molecule has 0 fully saturated rings. The lowest BCUT2D eigenvalue weighted by atomic mass is 10.1. The molecule has 2 heterocycles. The highest BCUT2D eigenvalue weighted by Gasteiger charge is 2.15. The average Bonchev–Trinajstić information content (AvgIpc) is 2.68. The Hall–Kier alpha value is -1.77. The van der Waals surface area contributed by atoms with Crippen LogP contribution in [0, 0.1) is 6.92 Å². The molecule has 0 saturated carbocycles. The molecule has 0 aliphatic carbocycles. The quantitative estimate of drug-likeness (QED) is 0.662. The van der Waals surface area contributed by atoms with Crippen LogP contribution in [0.15, 0.2) is 18.2 Å². The molecule has 15 heavy (non-hydrogen) atoms. The van der Waals surface area contributed by atoms with E-state index in [9.17, 15) is 0 Å². The number of benzene rings is 1. The molecule has 1 aromatic heterocycles. The van der Waals surface area contributed by atoms with E-state index in [0.29, 0.717) is 0 Å². The summed E-state index contributed by atoms with van der Waals surface area (Å²) in [7, 11) is 0. The van der Waals surface area contributed by atoms with Gasteiger partial charge in [-0.15, -0.1) is 0 Å². The van der Waals surface area contributed by atoms with Crippen molar-refractivity contribution < 1.29 is 4.74 Å². The van der Waals surface area contributed by atoms with E-state index in [1.54, 1.807) is 0 Å². The van der Waals surface area contributed by atoms with Crippen LogP contribution in [-0.4, -0.2) is 11.6 Å². The van der Waals surface area contributed by atoms with Crippen molar-refractivity contribution in [2.24, 2.45) is 0 Å². The first-order valence-corrected chi connectivity index (χ1v) is 5.07. The van der Waals surface area contributed by atoms with Gasteiger partial charge in [-0.05, 0) is 18.6 Å². The SMILES string of the molecule is Cc1ccc2cc3c(nc2c1N)OCC3. The van der Waals surface area contributed by atoms with Crippen LogP contribution in [0.3, 0.4) is 0 Å². The minimum atomic E-state index is 0.734. The lowest BCUT2D eigenvalue weighted by Crippen LogP contribution is -1.95. The zero-order chi connectivity index (χ0) is 10.4. The Kier molecular flexibility index (Phi) is 1.63. The van der Waals surface area contributed by atoms with Gasteiger partial charge in [-0.2, -0.15) is 0 Å². The van der Waals surface area contributed by atoms with Gasteiger partial charge in [-0.3, -0.25) is 0 Å². The predicted octanol–water partition coefficient (Wildman–Crippen LogP) is 2.06. The smallest absolute Gasteiger partial charge is 0.217 e. The number of pyridine rings is 1. The van der Waals surface area contributed by atoms with Crippen LogP contribution in [0.2, 0.25) is 0 Å². The molecule has 0 amide bonds. The summed E-state index contributed by atoms with van der Waals surface area (Å²) in [6.07, 6.45) is 0.950. The third-order valence-corrected chi connectivity index (χ3v) is 2.89. The minimum Gasteiger partial charge on any atom is -0.477 e. The Morgan fingerprint density at radius 2 is 2.27 bits per heavy atom. The Morgan fingerprint density at radius 3 is 3.13 bits per heavy atom. The summed E-state index contributed by atoms with van der Waals surface area (Å²) in [6, 6.07) is 6.22. The third-order valence-electron chi connectivity index (χ3n) is 2.89. The number of nitrogens with zero attached hydrogens (tertiary/aromatic N) is 1. The fourth-order valence-corrected chi connectivity index (χ4v) is 1.95. The first-order valence-electron chi connectivity index (χ1n) is 5.07. The van der Waals surface area contributed by atoms with Gasteiger partial charge >= 0.3 is 0 Å². The van der Waals surface area contributed by atoms with E-state index >= 15 is 0 Å². The second-order valence-corrected chi connectivity index (χ2v) is 3.92. The number of rotatable bonds is 0. The van der Waals surface area contributed by atoms with E-state index in [-0.39, 0.29) is 0 Å². The van der Waals surface area contributed by atoms with E-state index in [1.807, 2.05) is 13.0 Å². The molecule has 3 rings (SSSR count). The van der Waals surface area contributed by atoms with Crippen LogP contribution in [0.4, 0.5) is 5.69 Å². The van der Waals surface area contributed by atoms with Gasteiger partial charge in [-0.1, -0.05) is 12.1 Å². The number of ether oxygens (including phenoxy) is 1. The summed E-state index contributed by atoms with van der Waals surface area (Å²) in [5.41, 5.74) is 9.86. The van der Waals surface area contributed by atoms with Gasteiger partial charge in [0.05, 0.1) is 17.8 Å². The number of nitrogen functional groups attached to an aromatic ring is 1. The highest BCUT2D eigenvalue weighted by molar-refractivity contribution is 5.91. The molecule has 1 aliphatic heterocycles. The van der Waals surface area contributed by atoms with Gasteiger partial charge in [-0.25, -0.2) is 4.98 Å². The molecule has 2 N–H and O–H groups in total.